The molecule has 0 aromatic carbocycles. The van der Waals surface area contributed by atoms with Crippen LogP contribution in [0.3, 0.4) is 0 Å². The third kappa shape index (κ3) is 3.62. The fourth-order valence-electron chi connectivity index (χ4n) is 6.69. The normalized spacial score (nSPS) is 49.9. The third-order valence-corrected chi connectivity index (χ3v) is 10.2. The minimum atomic E-state index is -1.32. The van der Waals surface area contributed by atoms with E-state index in [1.807, 2.05) is 6.92 Å². The number of alkyl halides is 3. The van der Waals surface area contributed by atoms with E-state index in [4.69, 9.17) is 53.8 Å². The van der Waals surface area contributed by atoms with Crippen LogP contribution in [0.2, 0.25) is 0 Å². The largest absolute Gasteiger partial charge is 0.490 e. The lowest BCUT2D eigenvalue weighted by Gasteiger charge is -2.39. The van der Waals surface area contributed by atoms with Crippen LogP contribution in [-0.2, 0) is 28.5 Å². The predicted molar refractivity (Wildman–Crippen MR) is 124 cm³/mol. The SMILES string of the molecule is COC1CC(OC)C2C(=O)[C@@]3(OC2C1Cl)C1=C(C[C@H](C2CCC(Cl)C(Cl)C2)O1)C(=O)C[C@H]3C. The maximum atomic E-state index is 14.1. The molecule has 1 saturated heterocycles. The summed E-state index contributed by atoms with van der Waals surface area (Å²) in [5.74, 6) is -0.365. The smallest absolute Gasteiger partial charge is 0.187 e. The van der Waals surface area contributed by atoms with E-state index in [9.17, 15) is 9.59 Å². The molecule has 5 rings (SSSR count). The number of hydrogen-bond donors (Lipinski definition) is 0. The lowest BCUT2D eigenvalue weighted by atomic mass is 9.69. The molecule has 3 aliphatic carbocycles. The van der Waals surface area contributed by atoms with Crippen molar-refractivity contribution in [3.63, 3.8) is 0 Å². The van der Waals surface area contributed by atoms with Crippen molar-refractivity contribution in [2.45, 2.75) is 91.6 Å². The predicted octanol–water partition coefficient (Wildman–Crippen LogP) is 4.02. The van der Waals surface area contributed by atoms with Crippen molar-refractivity contribution in [3.05, 3.63) is 11.3 Å². The van der Waals surface area contributed by atoms with Crippen LogP contribution in [0.4, 0.5) is 0 Å². The highest BCUT2D eigenvalue weighted by atomic mass is 35.5. The Bertz CT molecular complexity index is 863. The van der Waals surface area contributed by atoms with Gasteiger partial charge in [-0.1, -0.05) is 6.92 Å². The van der Waals surface area contributed by atoms with Gasteiger partial charge in [0.25, 0.3) is 0 Å². The number of halogens is 3. The fraction of sp³-hybridized carbons (Fsp3) is 0.833. The van der Waals surface area contributed by atoms with Crippen molar-refractivity contribution >= 4 is 46.4 Å². The molecule has 9 heteroatoms. The molecule has 33 heavy (non-hydrogen) atoms. The molecular weight excluding hydrogens is 491 g/mol. The molecule has 5 aliphatic rings. The number of carbonyl (C=O) groups excluding carboxylic acids is 2. The standard InChI is InChI=1S/C24H31Cl3O6/c1-10-6-15(28)12-8-16(11-4-5-13(25)14(26)7-11)32-23(12)24(10)22(29)19-17(30-2)9-18(31-3)20(27)21(19)33-24/h10-11,13-14,16-21H,4-9H2,1-3H3/t10-,11?,13?,14?,16-,17?,18?,19?,20?,21?,24-/m1/s1. The molecular formula is C24H31Cl3O6. The first-order chi connectivity index (χ1) is 15.7. The lowest BCUT2D eigenvalue weighted by Crippen LogP contribution is -2.52. The summed E-state index contributed by atoms with van der Waals surface area (Å²) in [6, 6.07) is 0. The van der Waals surface area contributed by atoms with Crippen LogP contribution in [0, 0.1) is 17.8 Å². The average molecular weight is 522 g/mol. The monoisotopic (exact) mass is 520 g/mol. The second-order valence-electron chi connectivity index (χ2n) is 10.2. The van der Waals surface area contributed by atoms with Crippen LogP contribution in [0.25, 0.3) is 0 Å². The van der Waals surface area contributed by atoms with E-state index in [1.165, 1.54) is 0 Å². The Morgan fingerprint density at radius 1 is 0.970 bits per heavy atom. The summed E-state index contributed by atoms with van der Waals surface area (Å²) in [5.41, 5.74) is -0.725. The Hall–Kier alpha value is -0.370. The van der Waals surface area contributed by atoms with Gasteiger partial charge in [-0.05, 0) is 25.2 Å². The van der Waals surface area contributed by atoms with Gasteiger partial charge < -0.3 is 18.9 Å². The van der Waals surface area contributed by atoms with Crippen LogP contribution in [0.5, 0.6) is 0 Å². The molecule has 2 heterocycles. The lowest BCUT2D eigenvalue weighted by molar-refractivity contribution is -0.147. The highest BCUT2D eigenvalue weighted by Gasteiger charge is 2.69. The maximum absolute atomic E-state index is 14.1. The van der Waals surface area contributed by atoms with Crippen molar-refractivity contribution < 1.29 is 28.5 Å². The minimum Gasteiger partial charge on any atom is -0.490 e. The Labute approximate surface area is 209 Å². The first-order valence-corrected chi connectivity index (χ1v) is 13.2. The summed E-state index contributed by atoms with van der Waals surface area (Å²) < 4.78 is 24.4. The number of Topliss-reactive ketones (excluding diaryl/α,β-unsaturated/α-hetero) is 2. The molecule has 1 spiro atoms. The van der Waals surface area contributed by atoms with Gasteiger partial charge in [-0.15, -0.1) is 34.8 Å². The third-order valence-electron chi connectivity index (χ3n) is 8.55. The summed E-state index contributed by atoms with van der Waals surface area (Å²) in [6.07, 6.45) is 2.20. The van der Waals surface area contributed by atoms with Gasteiger partial charge in [-0.2, -0.15) is 0 Å². The second-order valence-corrected chi connectivity index (χ2v) is 11.9. The Kier molecular flexibility index (Phi) is 6.59. The van der Waals surface area contributed by atoms with E-state index in [0.717, 1.165) is 19.3 Å². The van der Waals surface area contributed by atoms with Crippen molar-refractivity contribution in [2.24, 2.45) is 17.8 Å². The quantitative estimate of drug-likeness (QED) is 0.523. The summed E-state index contributed by atoms with van der Waals surface area (Å²) in [4.78, 5) is 27.1. The number of fused-ring (bicyclic) bond motifs is 2. The Balaban J connectivity index is 1.48. The van der Waals surface area contributed by atoms with Gasteiger partial charge in [0, 0.05) is 50.4 Å². The van der Waals surface area contributed by atoms with Crippen LogP contribution in [-0.4, -0.2) is 71.9 Å². The minimum absolute atomic E-state index is 0.0332. The zero-order valence-electron chi connectivity index (χ0n) is 19.1. The number of carbonyl (C=O) groups is 2. The van der Waals surface area contributed by atoms with Crippen LogP contribution in [0.1, 0.15) is 45.4 Å². The molecule has 8 unspecified atom stereocenters. The highest BCUT2D eigenvalue weighted by Crippen LogP contribution is 2.56. The van der Waals surface area contributed by atoms with E-state index in [0.29, 0.717) is 24.2 Å². The molecule has 2 saturated carbocycles. The number of rotatable bonds is 3. The molecule has 3 fully saturated rings. The molecule has 6 nitrogen and oxygen atoms in total. The Morgan fingerprint density at radius 3 is 2.36 bits per heavy atom. The first-order valence-electron chi connectivity index (χ1n) is 11.9. The Morgan fingerprint density at radius 2 is 1.70 bits per heavy atom. The fourth-order valence-corrected chi connectivity index (χ4v) is 7.68. The van der Waals surface area contributed by atoms with Gasteiger partial charge in [-0.25, -0.2) is 0 Å². The van der Waals surface area contributed by atoms with Crippen molar-refractivity contribution in [1.29, 1.82) is 0 Å². The highest BCUT2D eigenvalue weighted by molar-refractivity contribution is 6.30. The summed E-state index contributed by atoms with van der Waals surface area (Å²) >= 11 is 19.5. The molecule has 184 valence electrons. The van der Waals surface area contributed by atoms with Crippen molar-refractivity contribution in [3.8, 4) is 0 Å². The summed E-state index contributed by atoms with van der Waals surface area (Å²) in [6.45, 7) is 1.89. The number of ketones is 2. The first kappa shape index (κ1) is 24.3. The van der Waals surface area contributed by atoms with Gasteiger partial charge in [0.1, 0.15) is 11.9 Å². The van der Waals surface area contributed by atoms with Crippen LogP contribution in [0.15, 0.2) is 11.3 Å². The maximum Gasteiger partial charge on any atom is 0.187 e. The molecule has 0 aromatic rings. The molecule has 0 radical (unpaired) electrons. The average Bonchev–Trinajstić information content (AvgIpc) is 3.37. The van der Waals surface area contributed by atoms with Crippen molar-refractivity contribution in [2.75, 3.05) is 14.2 Å². The van der Waals surface area contributed by atoms with Crippen LogP contribution < -0.4 is 0 Å². The number of methoxy groups -OCH3 is 2. The molecule has 2 aliphatic heterocycles. The van der Waals surface area contributed by atoms with Crippen LogP contribution >= 0.6 is 34.8 Å². The molecule has 0 N–H and O–H groups in total. The van der Waals surface area contributed by atoms with Gasteiger partial charge in [0.05, 0.1) is 35.0 Å². The van der Waals surface area contributed by atoms with Crippen molar-refractivity contribution in [1.82, 2.24) is 0 Å². The van der Waals surface area contributed by atoms with Gasteiger partial charge in [0.2, 0.25) is 0 Å². The molecule has 0 aromatic heterocycles. The molecule has 11 atom stereocenters. The second kappa shape index (κ2) is 8.94. The number of ether oxygens (including phenoxy) is 4. The zero-order chi connectivity index (χ0) is 23.7. The van der Waals surface area contributed by atoms with Gasteiger partial charge in [0.15, 0.2) is 17.2 Å². The van der Waals surface area contributed by atoms with E-state index >= 15 is 0 Å². The topological polar surface area (TPSA) is 71.1 Å². The summed E-state index contributed by atoms with van der Waals surface area (Å²) in [7, 11) is 3.20. The molecule has 0 amide bonds. The summed E-state index contributed by atoms with van der Waals surface area (Å²) in [5, 5.41) is -0.687. The van der Waals surface area contributed by atoms with E-state index in [1.54, 1.807) is 14.2 Å². The van der Waals surface area contributed by atoms with E-state index in [-0.39, 0.29) is 58.9 Å². The van der Waals surface area contributed by atoms with Gasteiger partial charge in [-0.3, -0.25) is 9.59 Å². The van der Waals surface area contributed by atoms with E-state index in [2.05, 4.69) is 0 Å². The zero-order valence-corrected chi connectivity index (χ0v) is 21.4. The van der Waals surface area contributed by atoms with Gasteiger partial charge >= 0.3 is 0 Å². The van der Waals surface area contributed by atoms with E-state index < -0.39 is 23.0 Å². The molecule has 0 bridgehead atoms. The number of hydrogen-bond acceptors (Lipinski definition) is 6.